The predicted octanol–water partition coefficient (Wildman–Crippen LogP) is 1.03. The number of Topliss-reactive ketones (excluding diaryl/α,β-unsaturated/α-hetero) is 1. The van der Waals surface area contributed by atoms with Crippen LogP contribution in [0.2, 0.25) is 0 Å². The minimum absolute atomic E-state index is 0.126. The number of methoxy groups -OCH3 is 1. The molecule has 4 rings (SSSR count). The average Bonchev–Trinajstić information content (AvgIpc) is 3.51. The number of nitrogens with zero attached hydrogens (tertiary/aromatic N) is 1. The molecule has 2 heterocycles. The van der Waals surface area contributed by atoms with Crippen LogP contribution >= 0.6 is 0 Å². The molecular weight excluding hydrogens is 540 g/mol. The monoisotopic (exact) mass is 584 g/mol. The maximum Gasteiger partial charge on any atom is 0.243 e. The SMILES string of the molecule is COc1ccc(C[C@H](NC(=O)[C@H](C)NC(=O)CN2CCC(O)CC2)C(=O)N[C@@H](CC2=CCCC2)C(=O)[C@@]2(C)CO2)cc1. The summed E-state index contributed by atoms with van der Waals surface area (Å²) in [5.74, 6) is -0.811. The largest absolute Gasteiger partial charge is 0.497 e. The van der Waals surface area contributed by atoms with Crippen LogP contribution in [0.25, 0.3) is 0 Å². The molecule has 0 spiro atoms. The van der Waals surface area contributed by atoms with Gasteiger partial charge in [0.1, 0.15) is 23.4 Å². The van der Waals surface area contributed by atoms with Gasteiger partial charge in [-0.1, -0.05) is 23.8 Å². The van der Waals surface area contributed by atoms with Gasteiger partial charge in [-0.2, -0.15) is 0 Å². The fourth-order valence-corrected chi connectivity index (χ4v) is 5.42. The van der Waals surface area contributed by atoms with Crippen molar-refractivity contribution in [3.63, 3.8) is 0 Å². The van der Waals surface area contributed by atoms with Gasteiger partial charge in [-0.15, -0.1) is 0 Å². The number of epoxide rings is 1. The summed E-state index contributed by atoms with van der Waals surface area (Å²) in [6.45, 7) is 4.96. The molecule has 0 unspecified atom stereocenters. The molecule has 0 radical (unpaired) electrons. The van der Waals surface area contributed by atoms with Gasteiger partial charge in [-0.25, -0.2) is 0 Å². The average molecular weight is 585 g/mol. The van der Waals surface area contributed by atoms with Crippen molar-refractivity contribution < 1.29 is 33.8 Å². The Morgan fingerprint density at radius 3 is 2.31 bits per heavy atom. The van der Waals surface area contributed by atoms with Crippen molar-refractivity contribution in [2.24, 2.45) is 0 Å². The summed E-state index contributed by atoms with van der Waals surface area (Å²) in [6.07, 6.45) is 6.45. The smallest absolute Gasteiger partial charge is 0.243 e. The Hall–Kier alpha value is -3.28. The van der Waals surface area contributed by atoms with Crippen molar-refractivity contribution in [1.82, 2.24) is 20.9 Å². The fourth-order valence-electron chi connectivity index (χ4n) is 5.42. The Morgan fingerprint density at radius 2 is 1.71 bits per heavy atom. The van der Waals surface area contributed by atoms with Gasteiger partial charge in [0.2, 0.25) is 17.7 Å². The summed E-state index contributed by atoms with van der Waals surface area (Å²) in [5, 5.41) is 18.1. The van der Waals surface area contributed by atoms with E-state index >= 15 is 0 Å². The number of ketones is 1. The van der Waals surface area contributed by atoms with Gasteiger partial charge in [0.05, 0.1) is 32.4 Å². The number of hydrogen-bond donors (Lipinski definition) is 4. The number of carbonyl (C=O) groups is 4. The molecule has 1 aliphatic carbocycles. The second-order valence-corrected chi connectivity index (χ2v) is 11.8. The molecule has 1 aromatic rings. The Labute approximate surface area is 247 Å². The third kappa shape index (κ3) is 8.86. The highest BCUT2D eigenvalue weighted by Crippen LogP contribution is 2.31. The zero-order valence-electron chi connectivity index (χ0n) is 24.8. The van der Waals surface area contributed by atoms with Crippen LogP contribution < -0.4 is 20.7 Å². The highest BCUT2D eigenvalue weighted by atomic mass is 16.6. The number of piperidine rings is 1. The molecule has 2 saturated heterocycles. The number of allylic oxidation sites excluding steroid dienone is 1. The number of amides is 3. The van der Waals surface area contributed by atoms with E-state index < -0.39 is 35.5 Å². The number of ether oxygens (including phenoxy) is 2. The molecule has 0 bridgehead atoms. The maximum absolute atomic E-state index is 13.7. The van der Waals surface area contributed by atoms with Crippen LogP contribution in [0.15, 0.2) is 35.9 Å². The molecule has 4 atom stereocenters. The summed E-state index contributed by atoms with van der Waals surface area (Å²) < 4.78 is 10.6. The number of rotatable bonds is 14. The fraction of sp³-hybridized carbons (Fsp3) is 0.613. The molecule has 11 heteroatoms. The first-order chi connectivity index (χ1) is 20.1. The van der Waals surface area contributed by atoms with Crippen molar-refractivity contribution in [2.75, 3.05) is 33.4 Å². The molecule has 42 heavy (non-hydrogen) atoms. The van der Waals surface area contributed by atoms with Crippen molar-refractivity contribution >= 4 is 23.5 Å². The third-order valence-corrected chi connectivity index (χ3v) is 8.26. The number of aliphatic hydroxyl groups is 1. The van der Waals surface area contributed by atoms with E-state index in [0.29, 0.717) is 44.7 Å². The summed E-state index contributed by atoms with van der Waals surface area (Å²) in [6, 6.07) is 4.53. The normalized spacial score (nSPS) is 22.8. The number of benzene rings is 1. The number of nitrogens with one attached hydrogen (secondary N) is 3. The first-order valence-electron chi connectivity index (χ1n) is 14.9. The van der Waals surface area contributed by atoms with E-state index in [1.807, 2.05) is 17.0 Å². The van der Waals surface area contributed by atoms with Gasteiger partial charge >= 0.3 is 0 Å². The first-order valence-corrected chi connectivity index (χ1v) is 14.9. The lowest BCUT2D eigenvalue weighted by Gasteiger charge is -2.29. The van der Waals surface area contributed by atoms with E-state index in [4.69, 9.17) is 9.47 Å². The Balaban J connectivity index is 1.43. The quantitative estimate of drug-likeness (QED) is 0.187. The van der Waals surface area contributed by atoms with E-state index in [1.165, 1.54) is 0 Å². The van der Waals surface area contributed by atoms with Crippen molar-refractivity contribution in [3.8, 4) is 5.75 Å². The van der Waals surface area contributed by atoms with Crippen LogP contribution in [0, 0.1) is 0 Å². The topological polar surface area (TPSA) is 150 Å². The van der Waals surface area contributed by atoms with Crippen LogP contribution in [-0.4, -0.2) is 96.7 Å². The molecule has 3 amide bonds. The summed E-state index contributed by atoms with van der Waals surface area (Å²) >= 11 is 0. The molecule has 2 fully saturated rings. The van der Waals surface area contributed by atoms with Gasteiger partial charge < -0.3 is 30.5 Å². The Kier molecular flexibility index (Phi) is 10.7. The third-order valence-electron chi connectivity index (χ3n) is 8.26. The molecule has 2 aliphatic heterocycles. The Morgan fingerprint density at radius 1 is 1.05 bits per heavy atom. The Bertz CT molecular complexity index is 1160. The summed E-state index contributed by atoms with van der Waals surface area (Å²) in [7, 11) is 1.57. The predicted molar refractivity (Wildman–Crippen MR) is 156 cm³/mol. The van der Waals surface area contributed by atoms with Gasteiger partial charge in [0.25, 0.3) is 0 Å². The second-order valence-electron chi connectivity index (χ2n) is 11.8. The molecule has 0 aromatic heterocycles. The first kappa shape index (κ1) is 31.7. The van der Waals surface area contributed by atoms with Crippen molar-refractivity contribution in [3.05, 3.63) is 41.5 Å². The summed E-state index contributed by atoms with van der Waals surface area (Å²) in [5.41, 5.74) is 1.02. The lowest BCUT2D eigenvalue weighted by atomic mass is 9.94. The minimum atomic E-state index is -0.991. The molecule has 230 valence electrons. The van der Waals surface area contributed by atoms with Crippen LogP contribution in [0.1, 0.15) is 57.9 Å². The number of likely N-dealkylation sites (tertiary alicyclic amines) is 1. The zero-order valence-corrected chi connectivity index (χ0v) is 24.8. The van der Waals surface area contributed by atoms with E-state index in [1.54, 1.807) is 33.1 Å². The van der Waals surface area contributed by atoms with Crippen LogP contribution in [0.5, 0.6) is 5.75 Å². The molecule has 0 saturated carbocycles. The molecule has 11 nitrogen and oxygen atoms in total. The lowest BCUT2D eigenvalue weighted by Crippen LogP contribution is -2.57. The van der Waals surface area contributed by atoms with E-state index in [2.05, 4.69) is 22.0 Å². The zero-order chi connectivity index (χ0) is 30.3. The van der Waals surface area contributed by atoms with Gasteiger partial charge in [-0.05, 0) is 70.1 Å². The molecule has 1 aromatic carbocycles. The highest BCUT2D eigenvalue weighted by molar-refractivity contribution is 5.98. The summed E-state index contributed by atoms with van der Waals surface area (Å²) in [4.78, 5) is 54.8. The molecular formula is C31H44N4O7. The molecule has 3 aliphatic rings. The lowest BCUT2D eigenvalue weighted by molar-refractivity contribution is -0.134. The standard InChI is InChI=1S/C31H44N4O7/c1-20(32-27(37)18-35-14-12-23(36)13-15-35)29(39)34-26(17-22-8-10-24(41-3)11-9-22)30(40)33-25(16-21-6-4-5-7-21)28(38)31(2)19-42-31/h6,8-11,20,23,25-26,36H,4-5,7,12-19H2,1-3H3,(H,32,37)(H,33,40)(H,34,39)/t20-,25-,26-,31+/m0/s1. The number of carbonyl (C=O) groups excluding carboxylic acids is 4. The van der Waals surface area contributed by atoms with Gasteiger partial charge in [-0.3, -0.25) is 24.1 Å². The van der Waals surface area contributed by atoms with Crippen molar-refractivity contribution in [1.29, 1.82) is 0 Å². The van der Waals surface area contributed by atoms with Crippen LogP contribution in [-0.2, 0) is 30.3 Å². The van der Waals surface area contributed by atoms with Crippen LogP contribution in [0.3, 0.4) is 0 Å². The van der Waals surface area contributed by atoms with Gasteiger partial charge in [0.15, 0.2) is 5.78 Å². The second kappa shape index (κ2) is 14.3. The van der Waals surface area contributed by atoms with Crippen molar-refractivity contribution in [2.45, 2.75) is 88.6 Å². The minimum Gasteiger partial charge on any atom is -0.497 e. The number of aliphatic hydroxyl groups excluding tert-OH is 1. The van der Waals surface area contributed by atoms with E-state index in [-0.39, 0.29) is 30.8 Å². The molecule has 4 N–H and O–H groups in total. The highest BCUT2D eigenvalue weighted by Gasteiger charge is 2.50. The number of hydrogen-bond acceptors (Lipinski definition) is 8. The van der Waals surface area contributed by atoms with E-state index in [0.717, 1.165) is 30.4 Å². The van der Waals surface area contributed by atoms with Gasteiger partial charge in [0, 0.05) is 19.5 Å². The maximum atomic E-state index is 13.7. The van der Waals surface area contributed by atoms with E-state index in [9.17, 15) is 24.3 Å². The van der Waals surface area contributed by atoms with Crippen LogP contribution in [0.4, 0.5) is 0 Å².